The summed E-state index contributed by atoms with van der Waals surface area (Å²) in [6, 6.07) is 9.33. The summed E-state index contributed by atoms with van der Waals surface area (Å²) in [5, 5.41) is 12.1. The first-order valence-electron chi connectivity index (χ1n) is 7.06. The molecule has 2 rings (SSSR count). The van der Waals surface area contributed by atoms with Gasteiger partial charge in [0, 0.05) is 5.69 Å². The van der Waals surface area contributed by atoms with Crippen molar-refractivity contribution in [2.24, 2.45) is 0 Å². The van der Waals surface area contributed by atoms with Crippen LogP contribution in [0.15, 0.2) is 34.2 Å². The maximum atomic E-state index is 11.9. The number of rotatable bonds is 5. The third-order valence-electron chi connectivity index (χ3n) is 3.09. The number of benzene rings is 1. The van der Waals surface area contributed by atoms with Crippen molar-refractivity contribution in [3.8, 4) is 6.07 Å². The highest BCUT2D eigenvalue weighted by molar-refractivity contribution is 7.99. The van der Waals surface area contributed by atoms with Crippen molar-refractivity contribution in [1.82, 2.24) is 9.97 Å². The largest absolute Gasteiger partial charge is 0.325 e. The molecule has 2 N–H and O–H groups in total. The summed E-state index contributed by atoms with van der Waals surface area (Å²) >= 11 is 1.13. The first-order valence-corrected chi connectivity index (χ1v) is 8.04. The Morgan fingerprint density at radius 1 is 1.39 bits per heavy atom. The number of thioether (sulfide) groups is 1. The first kappa shape index (κ1) is 16.8. The Morgan fingerprint density at radius 3 is 2.70 bits per heavy atom. The zero-order valence-corrected chi connectivity index (χ0v) is 13.7. The van der Waals surface area contributed by atoms with Gasteiger partial charge in [-0.05, 0) is 25.5 Å². The summed E-state index contributed by atoms with van der Waals surface area (Å²) in [5.41, 5.74) is 1.83. The molecule has 0 spiro atoms. The van der Waals surface area contributed by atoms with Crippen LogP contribution in [0.25, 0.3) is 0 Å². The number of carbonyl (C=O) groups is 1. The van der Waals surface area contributed by atoms with E-state index in [0.29, 0.717) is 17.3 Å². The van der Waals surface area contributed by atoms with Gasteiger partial charge < -0.3 is 10.3 Å². The van der Waals surface area contributed by atoms with Crippen LogP contribution in [0.2, 0.25) is 0 Å². The van der Waals surface area contributed by atoms with E-state index in [0.717, 1.165) is 23.0 Å². The summed E-state index contributed by atoms with van der Waals surface area (Å²) in [4.78, 5) is 30.5. The van der Waals surface area contributed by atoms with Crippen LogP contribution in [-0.4, -0.2) is 21.6 Å². The molecule has 0 saturated carbocycles. The van der Waals surface area contributed by atoms with Crippen molar-refractivity contribution < 1.29 is 4.79 Å². The maximum Gasteiger partial charge on any atom is 0.269 e. The molecule has 1 heterocycles. The fourth-order valence-electron chi connectivity index (χ4n) is 1.90. The molecule has 1 aromatic carbocycles. The molecule has 2 aromatic rings. The molecule has 0 radical (unpaired) electrons. The molecule has 0 aliphatic carbocycles. The Kier molecular flexibility index (Phi) is 5.55. The third-order valence-corrected chi connectivity index (χ3v) is 3.97. The van der Waals surface area contributed by atoms with Gasteiger partial charge >= 0.3 is 0 Å². The number of nitrogens with zero attached hydrogens (tertiary/aromatic N) is 2. The second kappa shape index (κ2) is 7.61. The van der Waals surface area contributed by atoms with Crippen LogP contribution < -0.4 is 10.9 Å². The average molecular weight is 328 g/mol. The average Bonchev–Trinajstić information content (AvgIpc) is 2.54. The first-order chi connectivity index (χ1) is 11.0. The summed E-state index contributed by atoms with van der Waals surface area (Å²) in [5.74, 6) is -0.0739. The number of aryl methyl sites for hydroxylation is 2. The molecule has 0 unspecified atom stereocenters. The van der Waals surface area contributed by atoms with Crippen molar-refractivity contribution in [1.29, 1.82) is 5.26 Å². The van der Waals surface area contributed by atoms with Crippen LogP contribution >= 0.6 is 11.8 Å². The van der Waals surface area contributed by atoms with Gasteiger partial charge in [0.05, 0.1) is 11.4 Å². The van der Waals surface area contributed by atoms with E-state index in [2.05, 4.69) is 15.3 Å². The Balaban J connectivity index is 2.02. The molecule has 23 heavy (non-hydrogen) atoms. The highest BCUT2D eigenvalue weighted by Crippen LogP contribution is 2.14. The minimum Gasteiger partial charge on any atom is -0.325 e. The predicted molar refractivity (Wildman–Crippen MR) is 89.5 cm³/mol. The zero-order valence-electron chi connectivity index (χ0n) is 12.8. The number of anilines is 1. The minimum atomic E-state index is -0.471. The topological polar surface area (TPSA) is 98.6 Å². The summed E-state index contributed by atoms with van der Waals surface area (Å²) in [6.45, 7) is 3.79. The van der Waals surface area contributed by atoms with Gasteiger partial charge in [0.15, 0.2) is 5.16 Å². The number of nitriles is 1. The molecule has 1 amide bonds. The monoisotopic (exact) mass is 328 g/mol. The Bertz CT molecular complexity index is 806. The summed E-state index contributed by atoms with van der Waals surface area (Å²) in [6.07, 6.45) is 0.482. The lowest BCUT2D eigenvalue weighted by Gasteiger charge is -2.06. The lowest BCUT2D eigenvalue weighted by molar-refractivity contribution is -0.113. The summed E-state index contributed by atoms with van der Waals surface area (Å²) in [7, 11) is 0. The molecule has 1 aromatic heterocycles. The molecule has 6 nitrogen and oxygen atoms in total. The molecule has 0 bridgehead atoms. The van der Waals surface area contributed by atoms with E-state index in [4.69, 9.17) is 5.26 Å². The SMILES string of the molecule is CCc1nc(SCC(=O)Nc2ccc(C)cc2)[nH]c(=O)c1C#N. The molecular formula is C16H16N4O2S. The van der Waals surface area contributed by atoms with E-state index in [1.54, 1.807) is 0 Å². The molecule has 0 saturated heterocycles. The predicted octanol–water partition coefficient (Wildman–Crippen LogP) is 2.24. The third kappa shape index (κ3) is 4.44. The van der Waals surface area contributed by atoms with E-state index >= 15 is 0 Å². The van der Waals surface area contributed by atoms with Gasteiger partial charge in [0.2, 0.25) is 5.91 Å². The number of amides is 1. The smallest absolute Gasteiger partial charge is 0.269 e. The van der Waals surface area contributed by atoms with Crippen LogP contribution in [0.1, 0.15) is 23.7 Å². The van der Waals surface area contributed by atoms with Gasteiger partial charge in [-0.25, -0.2) is 4.98 Å². The summed E-state index contributed by atoms with van der Waals surface area (Å²) < 4.78 is 0. The highest BCUT2D eigenvalue weighted by atomic mass is 32.2. The van der Waals surface area contributed by atoms with Crippen molar-refractivity contribution >= 4 is 23.4 Å². The van der Waals surface area contributed by atoms with Crippen molar-refractivity contribution in [2.75, 3.05) is 11.1 Å². The molecule has 118 valence electrons. The van der Waals surface area contributed by atoms with Crippen molar-refractivity contribution in [3.63, 3.8) is 0 Å². The lowest BCUT2D eigenvalue weighted by Crippen LogP contribution is -2.18. The van der Waals surface area contributed by atoms with Crippen LogP contribution in [0.5, 0.6) is 0 Å². The lowest BCUT2D eigenvalue weighted by atomic mass is 10.2. The quantitative estimate of drug-likeness (QED) is 0.648. The molecule has 7 heteroatoms. The number of nitrogens with one attached hydrogen (secondary N) is 2. The number of carbonyl (C=O) groups excluding carboxylic acids is 1. The molecular weight excluding hydrogens is 312 g/mol. The van der Waals surface area contributed by atoms with Crippen LogP contribution in [0, 0.1) is 18.3 Å². The normalized spacial score (nSPS) is 10.1. The second-order valence-corrected chi connectivity index (χ2v) is 5.83. The van der Waals surface area contributed by atoms with E-state index in [1.807, 2.05) is 44.2 Å². The van der Waals surface area contributed by atoms with Crippen molar-refractivity contribution in [3.05, 3.63) is 51.4 Å². The number of H-pyrrole nitrogens is 1. The van der Waals surface area contributed by atoms with Gasteiger partial charge in [-0.3, -0.25) is 9.59 Å². The van der Waals surface area contributed by atoms with E-state index in [1.165, 1.54) is 0 Å². The van der Waals surface area contributed by atoms with Gasteiger partial charge in [-0.2, -0.15) is 5.26 Å². The van der Waals surface area contributed by atoms with Crippen LogP contribution in [0.3, 0.4) is 0 Å². The van der Waals surface area contributed by atoms with E-state index < -0.39 is 5.56 Å². The number of hydrogen-bond donors (Lipinski definition) is 2. The standard InChI is InChI=1S/C16H16N4O2S/c1-3-13-12(8-17)15(22)20-16(19-13)23-9-14(21)18-11-6-4-10(2)5-7-11/h4-7H,3,9H2,1-2H3,(H,18,21)(H,19,20,22). The second-order valence-electron chi connectivity index (χ2n) is 4.86. The number of aromatic amines is 1. The molecule has 0 aliphatic heterocycles. The van der Waals surface area contributed by atoms with Gasteiger partial charge in [0.25, 0.3) is 5.56 Å². The van der Waals surface area contributed by atoms with Crippen LogP contribution in [-0.2, 0) is 11.2 Å². The van der Waals surface area contributed by atoms with Gasteiger partial charge in [-0.15, -0.1) is 0 Å². The molecule has 0 atom stereocenters. The zero-order chi connectivity index (χ0) is 16.8. The fraction of sp³-hybridized carbons (Fsp3) is 0.250. The Morgan fingerprint density at radius 2 is 2.09 bits per heavy atom. The molecule has 0 fully saturated rings. The van der Waals surface area contributed by atoms with E-state index in [-0.39, 0.29) is 17.2 Å². The minimum absolute atomic E-state index is 0.0287. The molecule has 0 aliphatic rings. The van der Waals surface area contributed by atoms with Gasteiger partial charge in [-0.1, -0.05) is 36.4 Å². The number of hydrogen-bond acceptors (Lipinski definition) is 5. The van der Waals surface area contributed by atoms with Crippen LogP contribution in [0.4, 0.5) is 5.69 Å². The Hall–Kier alpha value is -2.59. The maximum absolute atomic E-state index is 11.9. The Labute approximate surface area is 138 Å². The van der Waals surface area contributed by atoms with E-state index in [9.17, 15) is 9.59 Å². The fourth-order valence-corrected chi connectivity index (χ4v) is 2.58. The van der Waals surface area contributed by atoms with Crippen molar-refractivity contribution in [2.45, 2.75) is 25.4 Å². The number of aromatic nitrogens is 2. The highest BCUT2D eigenvalue weighted by Gasteiger charge is 2.11. The van der Waals surface area contributed by atoms with Gasteiger partial charge in [0.1, 0.15) is 11.6 Å².